The van der Waals surface area contributed by atoms with Crippen molar-refractivity contribution in [3.05, 3.63) is 24.0 Å². The number of hydrogen-bond acceptors (Lipinski definition) is 3. The molecule has 2 rings (SSSR count). The summed E-state index contributed by atoms with van der Waals surface area (Å²) in [6.45, 7) is 2.03. The monoisotopic (exact) mass is 219 g/mol. The van der Waals surface area contributed by atoms with Gasteiger partial charge in [-0.2, -0.15) is 0 Å². The maximum atomic E-state index is 6.20. The van der Waals surface area contributed by atoms with Gasteiger partial charge in [-0.15, -0.1) is 0 Å². The van der Waals surface area contributed by atoms with Gasteiger partial charge in [-0.1, -0.05) is 12.8 Å². The van der Waals surface area contributed by atoms with E-state index in [1.54, 1.807) is 0 Å². The van der Waals surface area contributed by atoms with Crippen LogP contribution in [0.5, 0.6) is 0 Å². The van der Waals surface area contributed by atoms with Crippen molar-refractivity contribution in [3.63, 3.8) is 0 Å². The van der Waals surface area contributed by atoms with Crippen LogP contribution >= 0.6 is 0 Å². The summed E-state index contributed by atoms with van der Waals surface area (Å²) >= 11 is 0. The first-order valence-corrected chi connectivity index (χ1v) is 6.09. The van der Waals surface area contributed by atoms with Gasteiger partial charge in [0.1, 0.15) is 0 Å². The molecule has 88 valence electrons. The van der Waals surface area contributed by atoms with E-state index in [1.165, 1.54) is 24.9 Å². The van der Waals surface area contributed by atoms with Crippen LogP contribution < -0.4 is 10.6 Å². The molecule has 1 saturated carbocycles. The topological polar surface area (TPSA) is 42.1 Å². The van der Waals surface area contributed by atoms with Crippen molar-refractivity contribution >= 4 is 5.69 Å². The molecule has 1 aliphatic rings. The van der Waals surface area contributed by atoms with Crippen molar-refractivity contribution in [2.75, 3.05) is 11.9 Å². The van der Waals surface area contributed by atoms with Gasteiger partial charge in [-0.25, -0.2) is 0 Å². The first-order chi connectivity index (χ1) is 7.68. The Hall–Kier alpha value is -1.09. The number of pyridine rings is 1. The van der Waals surface area contributed by atoms with Crippen molar-refractivity contribution in [3.8, 4) is 0 Å². The Labute approximate surface area is 97.7 Å². The molecule has 2 N–H and O–H groups in total. The lowest BCUT2D eigenvalue weighted by Crippen LogP contribution is -2.48. The summed E-state index contributed by atoms with van der Waals surface area (Å²) in [5, 5.41) is 0. The van der Waals surface area contributed by atoms with E-state index in [0.29, 0.717) is 12.1 Å². The average Bonchev–Trinajstić information content (AvgIpc) is 2.29. The average molecular weight is 219 g/mol. The summed E-state index contributed by atoms with van der Waals surface area (Å²) in [6.07, 6.45) is 6.81. The smallest absolute Gasteiger partial charge is 0.0437 e. The molecule has 1 fully saturated rings. The van der Waals surface area contributed by atoms with E-state index in [4.69, 9.17) is 5.73 Å². The van der Waals surface area contributed by atoms with E-state index in [1.807, 2.05) is 13.1 Å². The molecular weight excluding hydrogens is 198 g/mol. The molecular formula is C13H21N3. The summed E-state index contributed by atoms with van der Waals surface area (Å²) < 4.78 is 0. The minimum atomic E-state index is 0.312. The highest BCUT2D eigenvalue weighted by Gasteiger charge is 2.25. The van der Waals surface area contributed by atoms with Gasteiger partial charge in [-0.3, -0.25) is 4.98 Å². The predicted molar refractivity (Wildman–Crippen MR) is 67.6 cm³/mol. The first kappa shape index (κ1) is 11.4. The van der Waals surface area contributed by atoms with Crippen LogP contribution in [0.2, 0.25) is 0 Å². The SMILES string of the molecule is Cc1cc(N(C)C2CCCCC2N)ccn1. The van der Waals surface area contributed by atoms with Gasteiger partial charge in [0, 0.05) is 36.7 Å². The lowest BCUT2D eigenvalue weighted by Gasteiger charge is -2.37. The number of anilines is 1. The second kappa shape index (κ2) is 4.83. The number of nitrogens with two attached hydrogens (primary N) is 1. The van der Waals surface area contributed by atoms with Crippen LogP contribution in [0.4, 0.5) is 5.69 Å². The molecule has 1 aliphatic carbocycles. The standard InChI is InChI=1S/C13H21N3/c1-10-9-11(7-8-15-10)16(2)13-6-4-3-5-12(13)14/h7-9,12-13H,3-6,14H2,1-2H3. The number of aromatic nitrogens is 1. The zero-order valence-corrected chi connectivity index (χ0v) is 10.2. The highest BCUT2D eigenvalue weighted by molar-refractivity contribution is 5.47. The molecule has 0 saturated heterocycles. The fourth-order valence-corrected chi connectivity index (χ4v) is 2.56. The number of aryl methyl sites for hydroxylation is 1. The Morgan fingerprint density at radius 2 is 2.12 bits per heavy atom. The van der Waals surface area contributed by atoms with Crippen molar-refractivity contribution in [1.29, 1.82) is 0 Å². The molecule has 2 unspecified atom stereocenters. The second-order valence-corrected chi connectivity index (χ2v) is 4.78. The van der Waals surface area contributed by atoms with Crippen LogP contribution in [0.3, 0.4) is 0 Å². The molecule has 0 aromatic carbocycles. The number of nitrogens with zero attached hydrogens (tertiary/aromatic N) is 2. The molecule has 3 heteroatoms. The Balaban J connectivity index is 2.14. The van der Waals surface area contributed by atoms with E-state index in [0.717, 1.165) is 12.1 Å². The van der Waals surface area contributed by atoms with Crippen LogP contribution in [0.1, 0.15) is 31.4 Å². The van der Waals surface area contributed by atoms with Crippen LogP contribution in [-0.2, 0) is 0 Å². The van der Waals surface area contributed by atoms with Crippen molar-refractivity contribution < 1.29 is 0 Å². The van der Waals surface area contributed by atoms with E-state index in [9.17, 15) is 0 Å². The highest BCUT2D eigenvalue weighted by atomic mass is 15.2. The van der Waals surface area contributed by atoms with Gasteiger partial charge >= 0.3 is 0 Å². The van der Waals surface area contributed by atoms with E-state index < -0.39 is 0 Å². The fraction of sp³-hybridized carbons (Fsp3) is 0.615. The van der Waals surface area contributed by atoms with Crippen molar-refractivity contribution in [2.45, 2.75) is 44.7 Å². The highest BCUT2D eigenvalue weighted by Crippen LogP contribution is 2.25. The third-order valence-electron chi connectivity index (χ3n) is 3.57. The third kappa shape index (κ3) is 2.35. The molecule has 0 spiro atoms. The Kier molecular flexibility index (Phi) is 3.44. The minimum Gasteiger partial charge on any atom is -0.370 e. The molecule has 3 nitrogen and oxygen atoms in total. The molecule has 0 aliphatic heterocycles. The van der Waals surface area contributed by atoms with E-state index >= 15 is 0 Å². The number of hydrogen-bond donors (Lipinski definition) is 1. The summed E-state index contributed by atoms with van der Waals surface area (Å²) in [6, 6.07) is 4.98. The Bertz CT molecular complexity index is 351. The van der Waals surface area contributed by atoms with Crippen molar-refractivity contribution in [2.24, 2.45) is 5.73 Å². The first-order valence-electron chi connectivity index (χ1n) is 6.09. The van der Waals surface area contributed by atoms with Crippen LogP contribution in [0, 0.1) is 6.92 Å². The molecule has 1 heterocycles. The number of rotatable bonds is 2. The van der Waals surface area contributed by atoms with Crippen LogP contribution in [0.15, 0.2) is 18.3 Å². The molecule has 1 aromatic heterocycles. The number of likely N-dealkylation sites (N-methyl/N-ethyl adjacent to an activating group) is 1. The zero-order chi connectivity index (χ0) is 11.5. The van der Waals surface area contributed by atoms with Crippen molar-refractivity contribution in [1.82, 2.24) is 4.98 Å². The van der Waals surface area contributed by atoms with Gasteiger partial charge in [0.15, 0.2) is 0 Å². The normalized spacial score (nSPS) is 25.4. The van der Waals surface area contributed by atoms with E-state index in [-0.39, 0.29) is 0 Å². The molecule has 2 atom stereocenters. The molecule has 0 bridgehead atoms. The Morgan fingerprint density at radius 1 is 1.38 bits per heavy atom. The zero-order valence-electron chi connectivity index (χ0n) is 10.2. The van der Waals surface area contributed by atoms with E-state index in [2.05, 4.69) is 29.1 Å². The maximum Gasteiger partial charge on any atom is 0.0437 e. The molecule has 0 radical (unpaired) electrons. The lowest BCUT2D eigenvalue weighted by molar-refractivity contribution is 0.373. The van der Waals surface area contributed by atoms with Gasteiger partial charge < -0.3 is 10.6 Å². The van der Waals surface area contributed by atoms with Crippen LogP contribution in [0.25, 0.3) is 0 Å². The summed E-state index contributed by atoms with van der Waals surface area (Å²) in [4.78, 5) is 6.55. The third-order valence-corrected chi connectivity index (χ3v) is 3.57. The second-order valence-electron chi connectivity index (χ2n) is 4.78. The predicted octanol–water partition coefficient (Wildman–Crippen LogP) is 2.10. The lowest BCUT2D eigenvalue weighted by atomic mass is 9.90. The van der Waals surface area contributed by atoms with Crippen LogP contribution in [-0.4, -0.2) is 24.1 Å². The minimum absolute atomic E-state index is 0.312. The van der Waals surface area contributed by atoms with Gasteiger partial charge in [0.05, 0.1) is 0 Å². The fourth-order valence-electron chi connectivity index (χ4n) is 2.56. The Morgan fingerprint density at radius 3 is 2.81 bits per heavy atom. The molecule has 1 aromatic rings. The maximum absolute atomic E-state index is 6.20. The molecule has 0 amide bonds. The summed E-state index contributed by atoms with van der Waals surface area (Å²) in [5.74, 6) is 0. The van der Waals surface area contributed by atoms with Gasteiger partial charge in [0.25, 0.3) is 0 Å². The van der Waals surface area contributed by atoms with Gasteiger partial charge in [-0.05, 0) is 31.9 Å². The summed E-state index contributed by atoms with van der Waals surface area (Å²) in [7, 11) is 2.14. The summed E-state index contributed by atoms with van der Waals surface area (Å²) in [5.41, 5.74) is 8.49. The quantitative estimate of drug-likeness (QED) is 0.828. The van der Waals surface area contributed by atoms with Gasteiger partial charge in [0.2, 0.25) is 0 Å². The molecule has 16 heavy (non-hydrogen) atoms. The largest absolute Gasteiger partial charge is 0.370 e.